The first-order valence-electron chi connectivity index (χ1n) is 7.55. The Balaban J connectivity index is 1.51. The van der Waals surface area contributed by atoms with Crippen molar-refractivity contribution in [3.63, 3.8) is 0 Å². The van der Waals surface area contributed by atoms with E-state index in [0.29, 0.717) is 6.04 Å². The second-order valence-corrected chi connectivity index (χ2v) is 5.81. The van der Waals surface area contributed by atoms with E-state index in [1.807, 2.05) is 0 Å². The lowest BCUT2D eigenvalue weighted by Crippen LogP contribution is -2.24. The summed E-state index contributed by atoms with van der Waals surface area (Å²) in [5.74, 6) is 0.992. The SMILES string of the molecule is c1n[nH]c([C@@H]2CCCN2Cc2cc3n(n2)CCCC3)n1. The highest BCUT2D eigenvalue weighted by molar-refractivity contribution is 5.13. The normalized spacial score (nSPS) is 23.1. The number of fused-ring (bicyclic) bond motifs is 1. The van der Waals surface area contributed by atoms with Gasteiger partial charge in [-0.2, -0.15) is 10.2 Å². The molecule has 1 saturated heterocycles. The van der Waals surface area contributed by atoms with Crippen LogP contribution in [0.4, 0.5) is 0 Å². The largest absolute Gasteiger partial charge is 0.287 e. The zero-order valence-corrected chi connectivity index (χ0v) is 11.6. The van der Waals surface area contributed by atoms with Crippen molar-refractivity contribution in [2.45, 2.75) is 51.2 Å². The quantitative estimate of drug-likeness (QED) is 0.923. The van der Waals surface area contributed by atoms with Gasteiger partial charge in [0, 0.05) is 18.8 Å². The van der Waals surface area contributed by atoms with Gasteiger partial charge in [0.05, 0.1) is 11.7 Å². The summed E-state index contributed by atoms with van der Waals surface area (Å²) >= 11 is 0. The fourth-order valence-corrected chi connectivity index (χ4v) is 3.46. The van der Waals surface area contributed by atoms with E-state index in [-0.39, 0.29) is 0 Å². The van der Waals surface area contributed by atoms with E-state index in [9.17, 15) is 0 Å². The van der Waals surface area contributed by atoms with Crippen molar-refractivity contribution >= 4 is 0 Å². The molecule has 6 heteroatoms. The molecule has 20 heavy (non-hydrogen) atoms. The van der Waals surface area contributed by atoms with E-state index < -0.39 is 0 Å². The Labute approximate surface area is 118 Å². The first kappa shape index (κ1) is 12.1. The van der Waals surface area contributed by atoms with Gasteiger partial charge in [-0.3, -0.25) is 14.7 Å². The maximum Gasteiger partial charge on any atom is 0.141 e. The lowest BCUT2D eigenvalue weighted by molar-refractivity contribution is 0.236. The summed E-state index contributed by atoms with van der Waals surface area (Å²) in [4.78, 5) is 6.79. The van der Waals surface area contributed by atoms with Crippen LogP contribution in [0.25, 0.3) is 0 Å². The molecule has 0 aliphatic carbocycles. The third kappa shape index (κ3) is 2.14. The molecule has 1 N–H and O–H groups in total. The predicted molar refractivity (Wildman–Crippen MR) is 73.9 cm³/mol. The minimum Gasteiger partial charge on any atom is -0.287 e. The minimum atomic E-state index is 0.372. The van der Waals surface area contributed by atoms with Crippen LogP contribution in [0.15, 0.2) is 12.4 Å². The molecule has 0 bridgehead atoms. The first-order valence-corrected chi connectivity index (χ1v) is 7.55. The molecule has 2 aromatic heterocycles. The molecule has 0 spiro atoms. The van der Waals surface area contributed by atoms with Crippen molar-refractivity contribution in [2.75, 3.05) is 6.54 Å². The van der Waals surface area contributed by atoms with Crippen LogP contribution in [-0.4, -0.2) is 36.4 Å². The standard InChI is InChI=1S/C14H20N6/c1-2-7-20-12(4-1)8-11(18-20)9-19-6-3-5-13(19)14-15-10-16-17-14/h8,10,13H,1-7,9H2,(H,15,16,17)/t13-/m0/s1. The lowest BCUT2D eigenvalue weighted by Gasteiger charge is -2.21. The van der Waals surface area contributed by atoms with Gasteiger partial charge < -0.3 is 0 Å². The molecule has 4 rings (SSSR count). The number of aromatic nitrogens is 5. The molecule has 106 valence electrons. The smallest absolute Gasteiger partial charge is 0.141 e. The second kappa shape index (κ2) is 5.01. The number of likely N-dealkylation sites (tertiary alicyclic amines) is 1. The number of aromatic amines is 1. The molecule has 0 radical (unpaired) electrons. The lowest BCUT2D eigenvalue weighted by atomic mass is 10.1. The third-order valence-electron chi connectivity index (χ3n) is 4.44. The van der Waals surface area contributed by atoms with Gasteiger partial charge in [-0.15, -0.1) is 0 Å². The molecule has 0 unspecified atom stereocenters. The Kier molecular flexibility index (Phi) is 3.03. The average molecular weight is 272 g/mol. The Bertz CT molecular complexity index is 549. The Morgan fingerprint density at radius 1 is 1.25 bits per heavy atom. The van der Waals surface area contributed by atoms with Crippen molar-refractivity contribution in [3.8, 4) is 0 Å². The molecule has 1 atom stereocenters. The van der Waals surface area contributed by atoms with Crippen molar-refractivity contribution < 1.29 is 0 Å². The molecule has 0 saturated carbocycles. The van der Waals surface area contributed by atoms with Crippen molar-refractivity contribution in [1.29, 1.82) is 0 Å². The van der Waals surface area contributed by atoms with E-state index in [1.165, 1.54) is 37.1 Å². The highest BCUT2D eigenvalue weighted by Crippen LogP contribution is 2.31. The van der Waals surface area contributed by atoms with E-state index >= 15 is 0 Å². The van der Waals surface area contributed by atoms with Crippen molar-refractivity contribution in [2.24, 2.45) is 0 Å². The minimum absolute atomic E-state index is 0.372. The highest BCUT2D eigenvalue weighted by atomic mass is 15.3. The van der Waals surface area contributed by atoms with Gasteiger partial charge in [0.15, 0.2) is 0 Å². The van der Waals surface area contributed by atoms with E-state index in [0.717, 1.165) is 31.9 Å². The van der Waals surface area contributed by atoms with Crippen LogP contribution in [0.3, 0.4) is 0 Å². The van der Waals surface area contributed by atoms with Crippen LogP contribution >= 0.6 is 0 Å². The van der Waals surface area contributed by atoms with Crippen molar-refractivity contribution in [3.05, 3.63) is 29.6 Å². The number of H-pyrrole nitrogens is 1. The van der Waals surface area contributed by atoms with Gasteiger partial charge in [-0.05, 0) is 44.7 Å². The van der Waals surface area contributed by atoms with Gasteiger partial charge in [-0.25, -0.2) is 4.98 Å². The fraction of sp³-hybridized carbons (Fsp3) is 0.643. The van der Waals surface area contributed by atoms with Crippen LogP contribution in [0, 0.1) is 0 Å². The van der Waals surface area contributed by atoms with Gasteiger partial charge in [0.25, 0.3) is 0 Å². The monoisotopic (exact) mass is 272 g/mol. The van der Waals surface area contributed by atoms with Crippen LogP contribution < -0.4 is 0 Å². The molecule has 2 aromatic rings. The van der Waals surface area contributed by atoms with E-state index in [1.54, 1.807) is 6.33 Å². The molecule has 2 aliphatic rings. The van der Waals surface area contributed by atoms with Crippen molar-refractivity contribution in [1.82, 2.24) is 29.9 Å². The second-order valence-electron chi connectivity index (χ2n) is 5.81. The molecule has 4 heterocycles. The van der Waals surface area contributed by atoms with Gasteiger partial charge in [-0.1, -0.05) is 0 Å². The molecule has 0 aromatic carbocycles. The van der Waals surface area contributed by atoms with Crippen LogP contribution in [0.1, 0.15) is 48.9 Å². The summed E-state index contributed by atoms with van der Waals surface area (Å²) < 4.78 is 2.19. The number of nitrogens with zero attached hydrogens (tertiary/aromatic N) is 5. The summed E-state index contributed by atoms with van der Waals surface area (Å²) in [5.41, 5.74) is 2.61. The Hall–Kier alpha value is -1.69. The van der Waals surface area contributed by atoms with Gasteiger partial charge in [0.1, 0.15) is 12.2 Å². The predicted octanol–water partition coefficient (Wildman–Crippen LogP) is 1.67. The molecular weight excluding hydrogens is 252 g/mol. The Morgan fingerprint density at radius 2 is 2.25 bits per heavy atom. The number of aryl methyl sites for hydroxylation is 2. The Morgan fingerprint density at radius 3 is 3.10 bits per heavy atom. The first-order chi connectivity index (χ1) is 9.90. The third-order valence-corrected chi connectivity index (χ3v) is 4.44. The molecular formula is C14H20N6. The number of hydrogen-bond donors (Lipinski definition) is 1. The zero-order chi connectivity index (χ0) is 13.4. The maximum absolute atomic E-state index is 4.76. The van der Waals surface area contributed by atoms with E-state index in [4.69, 9.17) is 5.10 Å². The zero-order valence-electron chi connectivity index (χ0n) is 11.6. The average Bonchev–Trinajstić information content (AvgIpc) is 3.18. The van der Waals surface area contributed by atoms with Crippen LogP contribution in [0.5, 0.6) is 0 Å². The van der Waals surface area contributed by atoms with Crippen LogP contribution in [-0.2, 0) is 19.5 Å². The summed E-state index contributed by atoms with van der Waals surface area (Å²) in [6.45, 7) is 3.12. The maximum atomic E-state index is 4.76. The number of hydrogen-bond acceptors (Lipinski definition) is 4. The molecule has 6 nitrogen and oxygen atoms in total. The highest BCUT2D eigenvalue weighted by Gasteiger charge is 2.29. The number of nitrogens with one attached hydrogen (secondary N) is 1. The summed E-state index contributed by atoms with van der Waals surface area (Å²) in [6.07, 6.45) is 7.72. The molecule has 1 fully saturated rings. The summed E-state index contributed by atoms with van der Waals surface area (Å²) in [7, 11) is 0. The molecule has 2 aliphatic heterocycles. The fourth-order valence-electron chi connectivity index (χ4n) is 3.46. The van der Waals surface area contributed by atoms with E-state index in [2.05, 4.69) is 30.8 Å². The number of rotatable bonds is 3. The molecule has 0 amide bonds. The summed E-state index contributed by atoms with van der Waals surface area (Å²) in [5, 5.41) is 11.8. The van der Waals surface area contributed by atoms with Crippen LogP contribution in [0.2, 0.25) is 0 Å². The summed E-state index contributed by atoms with van der Waals surface area (Å²) in [6, 6.07) is 2.66. The van der Waals surface area contributed by atoms with Gasteiger partial charge >= 0.3 is 0 Å². The topological polar surface area (TPSA) is 62.6 Å². The van der Waals surface area contributed by atoms with Gasteiger partial charge in [0.2, 0.25) is 0 Å².